The standard InChI is InChI=1S/C13H22N2OS/c1-2-5-13(6-3-1)16-8-4-7-14-9-12-10-17-11-15-12/h10-11,13-14H,1-9H2. The SMILES string of the molecule is c1nc(CNCCCOC2CCCCC2)cs1. The van der Waals surface area contributed by atoms with E-state index in [1.165, 1.54) is 32.1 Å². The summed E-state index contributed by atoms with van der Waals surface area (Å²) in [6.07, 6.45) is 8.29. The molecule has 1 N–H and O–H groups in total. The van der Waals surface area contributed by atoms with Gasteiger partial charge in [0, 0.05) is 18.5 Å². The summed E-state index contributed by atoms with van der Waals surface area (Å²) in [6.45, 7) is 2.80. The lowest BCUT2D eigenvalue weighted by molar-refractivity contribution is 0.0273. The van der Waals surface area contributed by atoms with Crippen molar-refractivity contribution in [2.75, 3.05) is 13.2 Å². The van der Waals surface area contributed by atoms with E-state index >= 15 is 0 Å². The van der Waals surface area contributed by atoms with Gasteiger partial charge < -0.3 is 10.1 Å². The molecular weight excluding hydrogens is 232 g/mol. The van der Waals surface area contributed by atoms with E-state index in [1.807, 2.05) is 5.51 Å². The zero-order valence-electron chi connectivity index (χ0n) is 10.4. The fraction of sp³-hybridized carbons (Fsp3) is 0.769. The third-order valence-electron chi connectivity index (χ3n) is 3.19. The van der Waals surface area contributed by atoms with Gasteiger partial charge in [-0.25, -0.2) is 4.98 Å². The van der Waals surface area contributed by atoms with Crippen molar-refractivity contribution in [3.63, 3.8) is 0 Å². The van der Waals surface area contributed by atoms with Gasteiger partial charge >= 0.3 is 0 Å². The van der Waals surface area contributed by atoms with Crippen molar-refractivity contribution >= 4 is 11.3 Å². The van der Waals surface area contributed by atoms with Gasteiger partial charge in [0.15, 0.2) is 0 Å². The maximum atomic E-state index is 5.87. The van der Waals surface area contributed by atoms with Crippen LogP contribution in [0.5, 0.6) is 0 Å². The number of nitrogens with one attached hydrogen (secondary N) is 1. The molecule has 1 aromatic heterocycles. The minimum Gasteiger partial charge on any atom is -0.378 e. The number of hydrogen-bond acceptors (Lipinski definition) is 4. The zero-order valence-corrected chi connectivity index (χ0v) is 11.2. The highest BCUT2D eigenvalue weighted by Gasteiger charge is 2.12. The molecule has 1 aromatic rings. The summed E-state index contributed by atoms with van der Waals surface area (Å²) in [5.74, 6) is 0. The van der Waals surface area contributed by atoms with Crippen molar-refractivity contribution < 1.29 is 4.74 Å². The van der Waals surface area contributed by atoms with Crippen LogP contribution < -0.4 is 5.32 Å². The van der Waals surface area contributed by atoms with Gasteiger partial charge in [-0.3, -0.25) is 0 Å². The largest absolute Gasteiger partial charge is 0.378 e. The Labute approximate surface area is 108 Å². The quantitative estimate of drug-likeness (QED) is 0.760. The van der Waals surface area contributed by atoms with E-state index in [4.69, 9.17) is 4.74 Å². The number of thiazole rings is 1. The van der Waals surface area contributed by atoms with Crippen LogP contribution in [0.15, 0.2) is 10.9 Å². The minimum absolute atomic E-state index is 0.544. The van der Waals surface area contributed by atoms with Gasteiger partial charge in [0.05, 0.1) is 17.3 Å². The molecule has 17 heavy (non-hydrogen) atoms. The maximum absolute atomic E-state index is 5.87. The van der Waals surface area contributed by atoms with Crippen LogP contribution in [-0.4, -0.2) is 24.2 Å². The van der Waals surface area contributed by atoms with E-state index in [2.05, 4.69) is 15.7 Å². The Morgan fingerprint density at radius 3 is 3.00 bits per heavy atom. The summed E-state index contributed by atoms with van der Waals surface area (Å²) in [4.78, 5) is 4.23. The van der Waals surface area contributed by atoms with Gasteiger partial charge in [0.2, 0.25) is 0 Å². The highest BCUT2D eigenvalue weighted by molar-refractivity contribution is 7.07. The monoisotopic (exact) mass is 254 g/mol. The highest BCUT2D eigenvalue weighted by Crippen LogP contribution is 2.20. The molecule has 0 radical (unpaired) electrons. The molecule has 0 bridgehead atoms. The topological polar surface area (TPSA) is 34.2 Å². The number of nitrogens with zero attached hydrogens (tertiary/aromatic N) is 1. The molecule has 0 unspecified atom stereocenters. The minimum atomic E-state index is 0.544. The van der Waals surface area contributed by atoms with Crippen LogP contribution in [0.3, 0.4) is 0 Å². The summed E-state index contributed by atoms with van der Waals surface area (Å²) in [7, 11) is 0. The lowest BCUT2D eigenvalue weighted by Crippen LogP contribution is -2.20. The molecule has 0 atom stereocenters. The smallest absolute Gasteiger partial charge is 0.0795 e. The molecular formula is C13H22N2OS. The first kappa shape index (κ1) is 13.0. The Morgan fingerprint density at radius 2 is 2.24 bits per heavy atom. The molecule has 4 heteroatoms. The molecule has 3 nitrogen and oxygen atoms in total. The molecule has 0 aromatic carbocycles. The summed E-state index contributed by atoms with van der Waals surface area (Å²) in [5.41, 5.74) is 3.02. The van der Waals surface area contributed by atoms with E-state index < -0.39 is 0 Å². The second kappa shape index (κ2) is 7.80. The lowest BCUT2D eigenvalue weighted by Gasteiger charge is -2.21. The van der Waals surface area contributed by atoms with Crippen LogP contribution in [-0.2, 0) is 11.3 Å². The van der Waals surface area contributed by atoms with Crippen LogP contribution in [0.1, 0.15) is 44.2 Å². The van der Waals surface area contributed by atoms with E-state index in [1.54, 1.807) is 11.3 Å². The van der Waals surface area contributed by atoms with E-state index in [-0.39, 0.29) is 0 Å². The van der Waals surface area contributed by atoms with Gasteiger partial charge in [0.25, 0.3) is 0 Å². The highest BCUT2D eigenvalue weighted by atomic mass is 32.1. The summed E-state index contributed by atoms with van der Waals surface area (Å²) in [6, 6.07) is 0. The first-order chi connectivity index (χ1) is 8.45. The van der Waals surface area contributed by atoms with Crippen LogP contribution >= 0.6 is 11.3 Å². The van der Waals surface area contributed by atoms with Crippen LogP contribution in [0.2, 0.25) is 0 Å². The second-order valence-electron chi connectivity index (χ2n) is 4.64. The average molecular weight is 254 g/mol. The molecule has 2 rings (SSSR count). The van der Waals surface area contributed by atoms with Gasteiger partial charge in [-0.05, 0) is 25.8 Å². The fourth-order valence-electron chi connectivity index (χ4n) is 2.22. The Bertz CT molecular complexity index is 284. The first-order valence-corrected chi connectivity index (χ1v) is 7.59. The molecule has 1 aliphatic carbocycles. The molecule has 0 amide bonds. The zero-order chi connectivity index (χ0) is 11.8. The van der Waals surface area contributed by atoms with E-state index in [0.29, 0.717) is 6.10 Å². The van der Waals surface area contributed by atoms with Crippen LogP contribution in [0.25, 0.3) is 0 Å². The Morgan fingerprint density at radius 1 is 1.35 bits per heavy atom. The average Bonchev–Trinajstić information content (AvgIpc) is 2.88. The van der Waals surface area contributed by atoms with Crippen LogP contribution in [0, 0.1) is 0 Å². The summed E-state index contributed by atoms with van der Waals surface area (Å²) in [5, 5.41) is 5.48. The van der Waals surface area contributed by atoms with Crippen LogP contribution in [0.4, 0.5) is 0 Å². The predicted molar refractivity (Wildman–Crippen MR) is 71.3 cm³/mol. The number of hydrogen-bond donors (Lipinski definition) is 1. The van der Waals surface area contributed by atoms with Crippen molar-refractivity contribution in [3.8, 4) is 0 Å². The van der Waals surface area contributed by atoms with Gasteiger partial charge in [-0.15, -0.1) is 11.3 Å². The van der Waals surface area contributed by atoms with Gasteiger partial charge in [0.1, 0.15) is 0 Å². The van der Waals surface area contributed by atoms with Crippen molar-refractivity contribution in [2.45, 2.75) is 51.2 Å². The normalized spacial score (nSPS) is 17.4. The number of rotatable bonds is 7. The Hall–Kier alpha value is -0.450. The lowest BCUT2D eigenvalue weighted by atomic mass is 9.98. The first-order valence-electron chi connectivity index (χ1n) is 6.64. The Kier molecular flexibility index (Phi) is 5.96. The van der Waals surface area contributed by atoms with E-state index in [9.17, 15) is 0 Å². The molecule has 0 spiro atoms. The van der Waals surface area contributed by atoms with E-state index in [0.717, 1.165) is 31.8 Å². The molecule has 1 fully saturated rings. The molecule has 96 valence electrons. The van der Waals surface area contributed by atoms with Crippen molar-refractivity contribution in [1.82, 2.24) is 10.3 Å². The predicted octanol–water partition coefficient (Wildman–Crippen LogP) is 2.97. The molecule has 1 saturated carbocycles. The van der Waals surface area contributed by atoms with Crippen molar-refractivity contribution in [1.29, 1.82) is 0 Å². The van der Waals surface area contributed by atoms with Gasteiger partial charge in [-0.2, -0.15) is 0 Å². The molecule has 1 heterocycles. The third kappa shape index (κ3) is 5.15. The summed E-state index contributed by atoms with van der Waals surface area (Å²) < 4.78 is 5.87. The molecule has 0 aliphatic heterocycles. The Balaban J connectivity index is 1.43. The molecule has 0 saturated heterocycles. The van der Waals surface area contributed by atoms with Crippen molar-refractivity contribution in [3.05, 3.63) is 16.6 Å². The fourth-order valence-corrected chi connectivity index (χ4v) is 2.78. The van der Waals surface area contributed by atoms with Gasteiger partial charge in [-0.1, -0.05) is 19.3 Å². The maximum Gasteiger partial charge on any atom is 0.0795 e. The molecule has 1 aliphatic rings. The van der Waals surface area contributed by atoms with Crippen molar-refractivity contribution in [2.24, 2.45) is 0 Å². The summed E-state index contributed by atoms with van der Waals surface area (Å²) >= 11 is 1.65. The third-order valence-corrected chi connectivity index (χ3v) is 3.83. The number of ether oxygens (including phenoxy) is 1. The number of aromatic nitrogens is 1. The second-order valence-corrected chi connectivity index (χ2v) is 5.36.